The second-order valence-electron chi connectivity index (χ2n) is 6.99. The number of benzene rings is 1. The Morgan fingerprint density at radius 2 is 1.82 bits per heavy atom. The monoisotopic (exact) mass is 303 g/mol. The summed E-state index contributed by atoms with van der Waals surface area (Å²) in [5.41, 5.74) is 1.20. The maximum absolute atomic E-state index is 11.7. The molecule has 0 heterocycles. The van der Waals surface area contributed by atoms with E-state index < -0.39 is 0 Å². The first kappa shape index (κ1) is 17.0. The molecule has 1 aromatic rings. The van der Waals surface area contributed by atoms with Gasteiger partial charge in [-0.25, -0.2) is 0 Å². The van der Waals surface area contributed by atoms with Gasteiger partial charge in [0.05, 0.1) is 0 Å². The molecular formula is C19H29NO2. The maximum atomic E-state index is 11.7. The third kappa shape index (κ3) is 5.13. The first-order valence-corrected chi connectivity index (χ1v) is 8.48. The van der Waals surface area contributed by atoms with E-state index in [4.69, 9.17) is 4.74 Å². The van der Waals surface area contributed by atoms with Crippen LogP contribution in [0.15, 0.2) is 24.3 Å². The number of rotatable bonds is 8. The van der Waals surface area contributed by atoms with Crippen molar-refractivity contribution in [2.75, 3.05) is 0 Å². The molecule has 1 aliphatic rings. The van der Waals surface area contributed by atoms with Crippen molar-refractivity contribution >= 4 is 5.78 Å². The number of hydrogen-bond donors (Lipinski definition) is 1. The van der Waals surface area contributed by atoms with E-state index in [1.807, 2.05) is 26.0 Å². The lowest BCUT2D eigenvalue weighted by Gasteiger charge is -2.37. The SMILES string of the molecule is CC(C)NC1CC(Oc2ccc(CCC(=O)C(C)C)cc2)C1. The third-order valence-electron chi connectivity index (χ3n) is 4.19. The second-order valence-corrected chi connectivity index (χ2v) is 6.99. The highest BCUT2D eigenvalue weighted by Crippen LogP contribution is 2.26. The quantitative estimate of drug-likeness (QED) is 0.795. The minimum atomic E-state index is 0.133. The lowest BCUT2D eigenvalue weighted by atomic mass is 9.88. The molecule has 3 nitrogen and oxygen atoms in total. The van der Waals surface area contributed by atoms with E-state index in [1.165, 1.54) is 5.56 Å². The Hall–Kier alpha value is -1.35. The lowest BCUT2D eigenvalue weighted by Crippen LogP contribution is -2.49. The van der Waals surface area contributed by atoms with Gasteiger partial charge in [-0.05, 0) is 37.0 Å². The zero-order chi connectivity index (χ0) is 16.1. The van der Waals surface area contributed by atoms with Crippen molar-refractivity contribution in [2.45, 2.75) is 71.6 Å². The molecule has 2 rings (SSSR count). The minimum absolute atomic E-state index is 0.133. The van der Waals surface area contributed by atoms with Crippen molar-refractivity contribution in [3.05, 3.63) is 29.8 Å². The van der Waals surface area contributed by atoms with Crippen LogP contribution in [-0.4, -0.2) is 24.0 Å². The Bertz CT molecular complexity index is 473. The van der Waals surface area contributed by atoms with Gasteiger partial charge in [0.15, 0.2) is 0 Å². The van der Waals surface area contributed by atoms with Crippen LogP contribution in [0.3, 0.4) is 0 Å². The lowest BCUT2D eigenvalue weighted by molar-refractivity contribution is -0.121. The molecule has 0 aromatic heterocycles. The zero-order valence-electron chi connectivity index (χ0n) is 14.3. The molecule has 22 heavy (non-hydrogen) atoms. The number of nitrogens with one attached hydrogen (secondary N) is 1. The maximum Gasteiger partial charge on any atom is 0.135 e. The number of hydrogen-bond acceptors (Lipinski definition) is 3. The fourth-order valence-corrected chi connectivity index (χ4v) is 2.75. The van der Waals surface area contributed by atoms with Gasteiger partial charge in [0, 0.05) is 24.4 Å². The van der Waals surface area contributed by atoms with Crippen molar-refractivity contribution in [2.24, 2.45) is 5.92 Å². The van der Waals surface area contributed by atoms with Crippen molar-refractivity contribution in [1.82, 2.24) is 5.32 Å². The predicted molar refractivity (Wildman–Crippen MR) is 90.3 cm³/mol. The Morgan fingerprint density at radius 1 is 1.18 bits per heavy atom. The van der Waals surface area contributed by atoms with Gasteiger partial charge in [-0.1, -0.05) is 39.8 Å². The summed E-state index contributed by atoms with van der Waals surface area (Å²) in [6, 6.07) is 9.35. The highest BCUT2D eigenvalue weighted by molar-refractivity contribution is 5.80. The number of ether oxygens (including phenoxy) is 1. The Kier molecular flexibility index (Phi) is 6.01. The van der Waals surface area contributed by atoms with Crippen LogP contribution in [0, 0.1) is 5.92 Å². The Morgan fingerprint density at radius 3 is 2.36 bits per heavy atom. The number of aryl methyl sites for hydroxylation is 1. The first-order chi connectivity index (χ1) is 10.4. The van der Waals surface area contributed by atoms with Gasteiger partial charge < -0.3 is 10.1 Å². The molecule has 0 atom stereocenters. The molecular weight excluding hydrogens is 274 g/mol. The van der Waals surface area contributed by atoms with Crippen molar-refractivity contribution in [3.8, 4) is 5.75 Å². The van der Waals surface area contributed by atoms with E-state index in [1.54, 1.807) is 0 Å². The molecule has 1 N–H and O–H groups in total. The van der Waals surface area contributed by atoms with Crippen molar-refractivity contribution < 1.29 is 9.53 Å². The van der Waals surface area contributed by atoms with E-state index in [-0.39, 0.29) is 5.92 Å². The summed E-state index contributed by atoms with van der Waals surface area (Å²) in [5.74, 6) is 1.40. The Balaban J connectivity index is 1.72. The third-order valence-corrected chi connectivity index (χ3v) is 4.19. The highest BCUT2D eigenvalue weighted by Gasteiger charge is 2.30. The average molecular weight is 303 g/mol. The van der Waals surface area contributed by atoms with Gasteiger partial charge >= 0.3 is 0 Å². The van der Waals surface area contributed by atoms with Crippen LogP contribution >= 0.6 is 0 Å². The molecule has 0 amide bonds. The average Bonchev–Trinajstić information content (AvgIpc) is 2.43. The topological polar surface area (TPSA) is 38.3 Å². The molecule has 0 spiro atoms. The van der Waals surface area contributed by atoms with Crippen LogP contribution in [-0.2, 0) is 11.2 Å². The van der Waals surface area contributed by atoms with Gasteiger partial charge in [-0.3, -0.25) is 4.79 Å². The van der Waals surface area contributed by atoms with E-state index >= 15 is 0 Å². The number of carbonyl (C=O) groups excluding carboxylic acids is 1. The van der Waals surface area contributed by atoms with Crippen LogP contribution < -0.4 is 10.1 Å². The molecule has 0 radical (unpaired) electrons. The fraction of sp³-hybridized carbons (Fsp3) is 0.632. The largest absolute Gasteiger partial charge is 0.490 e. The summed E-state index contributed by atoms with van der Waals surface area (Å²) in [7, 11) is 0. The predicted octanol–water partition coefficient (Wildman–Crippen LogP) is 3.75. The summed E-state index contributed by atoms with van der Waals surface area (Å²) in [4.78, 5) is 11.7. The van der Waals surface area contributed by atoms with E-state index in [0.717, 1.165) is 25.0 Å². The number of ketones is 1. The molecule has 1 aliphatic carbocycles. The van der Waals surface area contributed by atoms with Gasteiger partial charge in [-0.15, -0.1) is 0 Å². The highest BCUT2D eigenvalue weighted by atomic mass is 16.5. The summed E-state index contributed by atoms with van der Waals surface area (Å²) < 4.78 is 5.97. The molecule has 0 aliphatic heterocycles. The molecule has 122 valence electrons. The number of Topliss-reactive ketones (excluding diaryl/α,β-unsaturated/α-hetero) is 1. The molecule has 0 saturated heterocycles. The summed E-state index contributed by atoms with van der Waals surface area (Å²) in [5, 5.41) is 3.53. The molecule has 0 bridgehead atoms. The van der Waals surface area contributed by atoms with Crippen LogP contribution in [0.4, 0.5) is 0 Å². The van der Waals surface area contributed by atoms with Crippen molar-refractivity contribution in [3.63, 3.8) is 0 Å². The molecule has 1 fully saturated rings. The second kappa shape index (κ2) is 7.77. The van der Waals surface area contributed by atoms with E-state index in [2.05, 4.69) is 31.3 Å². The molecule has 3 heteroatoms. The summed E-state index contributed by atoms with van der Waals surface area (Å²) >= 11 is 0. The number of carbonyl (C=O) groups is 1. The molecule has 1 saturated carbocycles. The summed E-state index contributed by atoms with van der Waals surface area (Å²) in [6.45, 7) is 8.27. The van der Waals surface area contributed by atoms with Gasteiger partial charge in [0.2, 0.25) is 0 Å². The molecule has 0 unspecified atom stereocenters. The summed E-state index contributed by atoms with van der Waals surface area (Å²) in [6.07, 6.45) is 3.96. The fourth-order valence-electron chi connectivity index (χ4n) is 2.75. The normalized spacial score (nSPS) is 21.0. The standard InChI is InChI=1S/C19H29NO2/c1-13(2)19(21)10-7-15-5-8-17(9-6-15)22-18-11-16(12-18)20-14(3)4/h5-6,8-9,13-14,16,18,20H,7,10-12H2,1-4H3. The van der Waals surface area contributed by atoms with Crippen LogP contribution in [0.1, 0.15) is 52.5 Å². The van der Waals surface area contributed by atoms with Crippen LogP contribution in [0.25, 0.3) is 0 Å². The van der Waals surface area contributed by atoms with Crippen LogP contribution in [0.2, 0.25) is 0 Å². The van der Waals surface area contributed by atoms with Gasteiger partial charge in [0.25, 0.3) is 0 Å². The van der Waals surface area contributed by atoms with Crippen LogP contribution in [0.5, 0.6) is 5.75 Å². The first-order valence-electron chi connectivity index (χ1n) is 8.48. The Labute approximate surface area is 134 Å². The van der Waals surface area contributed by atoms with Crippen molar-refractivity contribution in [1.29, 1.82) is 0 Å². The smallest absolute Gasteiger partial charge is 0.135 e. The molecule has 1 aromatic carbocycles. The van der Waals surface area contributed by atoms with Gasteiger partial charge in [0.1, 0.15) is 17.6 Å². The minimum Gasteiger partial charge on any atom is -0.490 e. The van der Waals surface area contributed by atoms with E-state index in [9.17, 15) is 4.79 Å². The zero-order valence-corrected chi connectivity index (χ0v) is 14.3. The van der Waals surface area contributed by atoms with Gasteiger partial charge in [-0.2, -0.15) is 0 Å². The van der Waals surface area contributed by atoms with E-state index in [0.29, 0.717) is 30.4 Å².